The number of nitriles is 1. The van der Waals surface area contributed by atoms with E-state index < -0.39 is 4.92 Å². The van der Waals surface area contributed by atoms with Crippen LogP contribution in [-0.2, 0) is 0 Å². The van der Waals surface area contributed by atoms with E-state index >= 15 is 0 Å². The van der Waals surface area contributed by atoms with Gasteiger partial charge in [-0.25, -0.2) is 0 Å². The van der Waals surface area contributed by atoms with Crippen molar-refractivity contribution in [1.29, 1.82) is 5.26 Å². The van der Waals surface area contributed by atoms with Gasteiger partial charge >= 0.3 is 5.69 Å². The number of halogens is 1. The number of benzene rings is 1. The van der Waals surface area contributed by atoms with Gasteiger partial charge in [-0.05, 0) is 18.6 Å². The molecule has 0 atom stereocenters. The van der Waals surface area contributed by atoms with E-state index in [1.165, 1.54) is 18.2 Å². The highest BCUT2D eigenvalue weighted by Crippen LogP contribution is 2.29. The van der Waals surface area contributed by atoms with Crippen molar-refractivity contribution < 1.29 is 9.66 Å². The van der Waals surface area contributed by atoms with Gasteiger partial charge in [0.1, 0.15) is 0 Å². The van der Waals surface area contributed by atoms with Crippen molar-refractivity contribution in [2.24, 2.45) is 0 Å². The summed E-state index contributed by atoms with van der Waals surface area (Å²) in [5.74, 6) is 0.173. The van der Waals surface area contributed by atoms with E-state index in [0.717, 1.165) is 0 Å². The predicted octanol–water partition coefficient (Wildman–Crippen LogP) is 2.93. The fraction of sp³-hybridized carbons (Fsp3) is 0.300. The van der Waals surface area contributed by atoms with E-state index in [1.54, 1.807) is 0 Å². The first kappa shape index (κ1) is 12.3. The number of nitro groups is 1. The molecular formula is C10H9ClN2O3. The number of nitro benzene ring substituents is 1. The van der Waals surface area contributed by atoms with E-state index in [0.29, 0.717) is 12.8 Å². The monoisotopic (exact) mass is 240 g/mol. The molecule has 0 aliphatic heterocycles. The van der Waals surface area contributed by atoms with Gasteiger partial charge in [-0.1, -0.05) is 11.6 Å². The zero-order valence-corrected chi connectivity index (χ0v) is 9.11. The lowest BCUT2D eigenvalue weighted by Crippen LogP contribution is -2.00. The molecule has 16 heavy (non-hydrogen) atoms. The lowest BCUT2D eigenvalue weighted by atomic mass is 10.3. The molecular weight excluding hydrogens is 232 g/mol. The minimum absolute atomic E-state index is 0.163. The highest BCUT2D eigenvalue weighted by molar-refractivity contribution is 6.30. The quantitative estimate of drug-likeness (QED) is 0.450. The molecule has 0 saturated carbocycles. The van der Waals surface area contributed by atoms with Gasteiger partial charge in [-0.15, -0.1) is 0 Å². The van der Waals surface area contributed by atoms with Gasteiger partial charge in [0.2, 0.25) is 0 Å². The minimum atomic E-state index is -0.550. The van der Waals surface area contributed by atoms with Crippen LogP contribution in [0.25, 0.3) is 0 Å². The average molecular weight is 241 g/mol. The summed E-state index contributed by atoms with van der Waals surface area (Å²) in [5.41, 5.74) is -0.163. The number of ether oxygens (including phenoxy) is 1. The number of rotatable bonds is 5. The fourth-order valence-corrected chi connectivity index (χ4v) is 1.25. The Morgan fingerprint density at radius 1 is 1.56 bits per heavy atom. The van der Waals surface area contributed by atoms with Gasteiger partial charge in [-0.2, -0.15) is 5.26 Å². The van der Waals surface area contributed by atoms with Crippen molar-refractivity contribution in [1.82, 2.24) is 0 Å². The van der Waals surface area contributed by atoms with Gasteiger partial charge in [0.05, 0.1) is 17.6 Å². The van der Waals surface area contributed by atoms with Crippen LogP contribution in [0, 0.1) is 21.4 Å². The van der Waals surface area contributed by atoms with Crippen LogP contribution in [0.4, 0.5) is 5.69 Å². The molecule has 0 aromatic heterocycles. The van der Waals surface area contributed by atoms with E-state index in [1.807, 2.05) is 6.07 Å². The molecule has 0 bridgehead atoms. The lowest BCUT2D eigenvalue weighted by molar-refractivity contribution is -0.385. The first-order valence-electron chi connectivity index (χ1n) is 4.59. The summed E-state index contributed by atoms with van der Waals surface area (Å²) in [7, 11) is 0. The smallest absolute Gasteiger partial charge is 0.312 e. The van der Waals surface area contributed by atoms with Gasteiger partial charge in [0.25, 0.3) is 0 Å². The Kier molecular flexibility index (Phi) is 4.55. The first-order chi connectivity index (χ1) is 7.65. The Morgan fingerprint density at radius 2 is 2.31 bits per heavy atom. The molecule has 1 rings (SSSR count). The van der Waals surface area contributed by atoms with Crippen LogP contribution in [0.3, 0.4) is 0 Å². The summed E-state index contributed by atoms with van der Waals surface area (Å²) in [6.45, 7) is 0.274. The normalized spacial score (nSPS) is 9.50. The van der Waals surface area contributed by atoms with Crippen molar-refractivity contribution in [3.05, 3.63) is 33.3 Å². The minimum Gasteiger partial charge on any atom is -0.487 e. The molecule has 0 unspecified atom stereocenters. The summed E-state index contributed by atoms with van der Waals surface area (Å²) in [5, 5.41) is 19.3. The van der Waals surface area contributed by atoms with E-state index in [4.69, 9.17) is 21.6 Å². The largest absolute Gasteiger partial charge is 0.487 e. The van der Waals surface area contributed by atoms with Crippen LogP contribution in [0.15, 0.2) is 18.2 Å². The van der Waals surface area contributed by atoms with Crippen LogP contribution in [0.5, 0.6) is 5.75 Å². The molecule has 5 nitrogen and oxygen atoms in total. The first-order valence-corrected chi connectivity index (χ1v) is 4.96. The third-order valence-electron chi connectivity index (χ3n) is 1.81. The van der Waals surface area contributed by atoms with Gasteiger partial charge in [-0.3, -0.25) is 10.1 Å². The number of unbranched alkanes of at least 4 members (excludes halogenated alkanes) is 1. The maximum atomic E-state index is 10.7. The molecule has 1 aromatic carbocycles. The molecule has 0 radical (unpaired) electrons. The Labute approximate surface area is 97.4 Å². The van der Waals surface area contributed by atoms with Crippen LogP contribution in [0.1, 0.15) is 12.8 Å². The second kappa shape index (κ2) is 5.93. The maximum absolute atomic E-state index is 10.7. The predicted molar refractivity (Wildman–Crippen MR) is 58.4 cm³/mol. The van der Waals surface area contributed by atoms with Crippen molar-refractivity contribution >= 4 is 17.3 Å². The zero-order valence-electron chi connectivity index (χ0n) is 8.35. The molecule has 1 aromatic rings. The third-order valence-corrected chi connectivity index (χ3v) is 2.04. The Morgan fingerprint density at radius 3 is 2.94 bits per heavy atom. The molecule has 0 amide bonds. The second-order valence-corrected chi connectivity index (χ2v) is 3.42. The molecule has 0 fully saturated rings. The van der Waals surface area contributed by atoms with Gasteiger partial charge in [0.15, 0.2) is 5.75 Å². The average Bonchev–Trinajstić information content (AvgIpc) is 2.26. The molecule has 0 N–H and O–H groups in total. The van der Waals surface area contributed by atoms with Crippen molar-refractivity contribution in [3.8, 4) is 11.8 Å². The Bertz CT molecular complexity index is 429. The molecule has 84 valence electrons. The highest BCUT2D eigenvalue weighted by Gasteiger charge is 2.15. The topological polar surface area (TPSA) is 76.2 Å². The second-order valence-electron chi connectivity index (χ2n) is 2.98. The van der Waals surface area contributed by atoms with Crippen molar-refractivity contribution in [2.45, 2.75) is 12.8 Å². The van der Waals surface area contributed by atoms with E-state index in [9.17, 15) is 10.1 Å². The summed E-state index contributed by atoms with van der Waals surface area (Å²) in [6.07, 6.45) is 0.900. The molecule has 0 spiro atoms. The number of hydrogen-bond donors (Lipinski definition) is 0. The molecule has 0 aliphatic rings. The van der Waals surface area contributed by atoms with Crippen LogP contribution in [0.2, 0.25) is 5.02 Å². The summed E-state index contributed by atoms with van der Waals surface area (Å²) in [4.78, 5) is 10.1. The summed E-state index contributed by atoms with van der Waals surface area (Å²) in [6, 6.07) is 6.18. The molecule has 0 heterocycles. The molecule has 0 saturated heterocycles. The van der Waals surface area contributed by atoms with Crippen LogP contribution in [-0.4, -0.2) is 11.5 Å². The van der Waals surface area contributed by atoms with Gasteiger partial charge < -0.3 is 4.74 Å². The number of nitrogens with zero attached hydrogens (tertiary/aromatic N) is 2. The standard InChI is InChI=1S/C10H9ClN2O3/c11-8-3-4-10(9(7-8)13(14)15)16-6-2-1-5-12/h3-4,7H,1-2,6H2. The van der Waals surface area contributed by atoms with Crippen molar-refractivity contribution in [3.63, 3.8) is 0 Å². The SMILES string of the molecule is N#CCCCOc1ccc(Cl)cc1[N+](=O)[O-]. The van der Waals surface area contributed by atoms with Crippen LogP contribution < -0.4 is 4.74 Å². The summed E-state index contributed by atoms with van der Waals surface area (Å²) < 4.78 is 5.20. The van der Waals surface area contributed by atoms with Crippen LogP contribution >= 0.6 is 11.6 Å². The fourth-order valence-electron chi connectivity index (χ4n) is 1.09. The van der Waals surface area contributed by atoms with E-state index in [2.05, 4.69) is 0 Å². The molecule has 6 heteroatoms. The Hall–Kier alpha value is -1.80. The summed E-state index contributed by atoms with van der Waals surface area (Å²) >= 11 is 5.64. The third kappa shape index (κ3) is 3.41. The number of hydrogen-bond acceptors (Lipinski definition) is 4. The van der Waals surface area contributed by atoms with Gasteiger partial charge in [0, 0.05) is 17.5 Å². The van der Waals surface area contributed by atoms with E-state index in [-0.39, 0.29) is 23.1 Å². The van der Waals surface area contributed by atoms with Crippen molar-refractivity contribution in [2.75, 3.05) is 6.61 Å². The lowest BCUT2D eigenvalue weighted by Gasteiger charge is -2.05. The zero-order chi connectivity index (χ0) is 12.0. The molecule has 0 aliphatic carbocycles. The Balaban J connectivity index is 2.72. The maximum Gasteiger partial charge on any atom is 0.312 e. The highest BCUT2D eigenvalue weighted by atomic mass is 35.5.